The van der Waals surface area contributed by atoms with Crippen LogP contribution in [0.25, 0.3) is 101 Å². The first-order chi connectivity index (χ1) is 29.7. The zero-order valence-electron chi connectivity index (χ0n) is 32.6. The minimum Gasteiger partial charge on any atom is -0.256 e. The molecule has 0 N–H and O–H groups in total. The van der Waals surface area contributed by atoms with Crippen LogP contribution in [0.3, 0.4) is 0 Å². The molecule has 0 aliphatic rings. The summed E-state index contributed by atoms with van der Waals surface area (Å²) < 4.78 is 0. The van der Waals surface area contributed by atoms with Crippen LogP contribution in [-0.2, 0) is 0 Å². The number of benzene rings is 7. The molecule has 0 unspecified atom stereocenters. The van der Waals surface area contributed by atoms with Crippen molar-refractivity contribution in [1.29, 1.82) is 0 Å². The van der Waals surface area contributed by atoms with Gasteiger partial charge in [-0.15, -0.1) is 0 Å². The summed E-state index contributed by atoms with van der Waals surface area (Å²) in [6.45, 7) is 0. The van der Waals surface area contributed by atoms with Crippen LogP contribution in [0.2, 0.25) is 0 Å². The lowest BCUT2D eigenvalue weighted by Crippen LogP contribution is -2.00. The number of rotatable bonds is 9. The van der Waals surface area contributed by atoms with Crippen LogP contribution >= 0.6 is 0 Å². The first-order valence-electron chi connectivity index (χ1n) is 20.0. The van der Waals surface area contributed by atoms with Crippen LogP contribution in [0, 0.1) is 0 Å². The molecule has 7 aromatic carbocycles. The highest BCUT2D eigenvalue weighted by Crippen LogP contribution is 2.35. The predicted octanol–water partition coefficient (Wildman–Crippen LogP) is 13.7. The van der Waals surface area contributed by atoms with Crippen LogP contribution < -0.4 is 0 Å². The highest BCUT2D eigenvalue weighted by Gasteiger charge is 2.16. The molecule has 3 heterocycles. The summed E-state index contributed by atoms with van der Waals surface area (Å²) in [5, 5.41) is 0. The molecule has 0 radical (unpaired) electrons. The molecule has 60 heavy (non-hydrogen) atoms. The molecule has 0 aliphatic heterocycles. The lowest BCUT2D eigenvalue weighted by atomic mass is 9.94. The molecule has 0 spiro atoms. The smallest absolute Gasteiger partial charge is 0.164 e. The third-order valence-corrected chi connectivity index (χ3v) is 10.7. The number of nitrogens with zero attached hydrogens (tertiary/aromatic N) is 5. The summed E-state index contributed by atoms with van der Waals surface area (Å²) in [7, 11) is 0. The lowest BCUT2D eigenvalue weighted by molar-refractivity contribution is 1.07. The normalized spacial score (nSPS) is 11.0. The van der Waals surface area contributed by atoms with Crippen molar-refractivity contribution in [2.45, 2.75) is 0 Å². The van der Waals surface area contributed by atoms with Crippen molar-refractivity contribution in [3.8, 4) is 101 Å². The van der Waals surface area contributed by atoms with Gasteiger partial charge in [-0.3, -0.25) is 9.97 Å². The molecule has 0 saturated carbocycles. The zero-order valence-corrected chi connectivity index (χ0v) is 32.6. The van der Waals surface area contributed by atoms with Gasteiger partial charge in [0.25, 0.3) is 0 Å². The summed E-state index contributed by atoms with van der Waals surface area (Å²) in [5.74, 6) is 1.82. The third kappa shape index (κ3) is 7.76. The molecule has 0 aliphatic carbocycles. The second-order valence-corrected chi connectivity index (χ2v) is 14.6. The zero-order chi connectivity index (χ0) is 40.1. The van der Waals surface area contributed by atoms with Gasteiger partial charge in [0.15, 0.2) is 17.5 Å². The lowest BCUT2D eigenvalue weighted by Gasteiger charge is -2.13. The third-order valence-electron chi connectivity index (χ3n) is 10.7. The number of hydrogen-bond acceptors (Lipinski definition) is 5. The van der Waals surface area contributed by atoms with E-state index in [4.69, 9.17) is 15.0 Å². The maximum absolute atomic E-state index is 5.19. The number of aromatic nitrogens is 5. The van der Waals surface area contributed by atoms with E-state index in [0.29, 0.717) is 17.5 Å². The fraction of sp³-hybridized carbons (Fsp3) is 0. The van der Waals surface area contributed by atoms with Crippen molar-refractivity contribution in [3.63, 3.8) is 0 Å². The van der Waals surface area contributed by atoms with Crippen LogP contribution in [0.5, 0.6) is 0 Å². The van der Waals surface area contributed by atoms with E-state index in [1.165, 1.54) is 11.1 Å². The summed E-state index contributed by atoms with van der Waals surface area (Å²) in [6.07, 6.45) is 3.65. The molecular weight excluding hydrogens is 731 g/mol. The van der Waals surface area contributed by atoms with Gasteiger partial charge in [-0.2, -0.15) is 0 Å². The summed E-state index contributed by atoms with van der Waals surface area (Å²) in [5.41, 5.74) is 15.6. The van der Waals surface area contributed by atoms with Crippen LogP contribution in [0.1, 0.15) is 0 Å². The average Bonchev–Trinajstić information content (AvgIpc) is 3.35. The van der Waals surface area contributed by atoms with E-state index in [9.17, 15) is 0 Å². The van der Waals surface area contributed by atoms with E-state index in [1.54, 1.807) is 0 Å². The van der Waals surface area contributed by atoms with Gasteiger partial charge in [0, 0.05) is 40.2 Å². The Morgan fingerprint density at radius 2 is 0.483 bits per heavy atom. The fourth-order valence-electron chi connectivity index (χ4n) is 7.47. The minimum absolute atomic E-state index is 0.595. The second-order valence-electron chi connectivity index (χ2n) is 14.6. The molecule has 5 heteroatoms. The molecule has 0 bridgehead atoms. The molecule has 10 rings (SSSR count). The van der Waals surface area contributed by atoms with Crippen molar-refractivity contribution >= 4 is 0 Å². The molecule has 3 aromatic heterocycles. The Kier molecular flexibility index (Phi) is 9.88. The van der Waals surface area contributed by atoms with Crippen LogP contribution in [0.15, 0.2) is 225 Å². The quantitative estimate of drug-likeness (QED) is 0.146. The van der Waals surface area contributed by atoms with Crippen molar-refractivity contribution in [2.75, 3.05) is 0 Å². The first-order valence-corrected chi connectivity index (χ1v) is 20.0. The molecule has 10 aromatic rings. The maximum atomic E-state index is 5.19. The van der Waals surface area contributed by atoms with Gasteiger partial charge in [-0.1, -0.05) is 170 Å². The maximum Gasteiger partial charge on any atom is 0.164 e. The van der Waals surface area contributed by atoms with Gasteiger partial charge in [0.05, 0.1) is 11.4 Å². The Morgan fingerprint density at radius 1 is 0.200 bits per heavy atom. The monoisotopic (exact) mass is 767 g/mol. The summed E-state index contributed by atoms with van der Waals surface area (Å²) >= 11 is 0. The van der Waals surface area contributed by atoms with Crippen LogP contribution in [0.4, 0.5) is 0 Å². The van der Waals surface area contributed by atoms with E-state index in [0.717, 1.165) is 72.6 Å². The molecule has 282 valence electrons. The van der Waals surface area contributed by atoms with E-state index < -0.39 is 0 Å². The Labute approximate surface area is 349 Å². The Hall–Kier alpha value is -8.15. The molecule has 0 amide bonds. The Balaban J connectivity index is 1.06. The number of hydrogen-bond donors (Lipinski definition) is 0. The number of pyridine rings is 2. The SMILES string of the molecule is c1ccc(-c2ccc(-c3ccc(-c4nc(-c5ccccc5)nc(-c5cc(-c6ccc(-c7ccccn7)cc6)cc(-c6ccc(-c7ccccn7)cc6)c5)n4)cc3)cc2)cc1. The molecule has 0 fully saturated rings. The highest BCUT2D eigenvalue weighted by molar-refractivity contribution is 5.82. The van der Waals surface area contributed by atoms with Gasteiger partial charge in [-0.05, 0) is 87.0 Å². The molecule has 0 atom stereocenters. The largest absolute Gasteiger partial charge is 0.256 e. The molecular formula is C55H37N5. The van der Waals surface area contributed by atoms with E-state index >= 15 is 0 Å². The average molecular weight is 768 g/mol. The predicted molar refractivity (Wildman–Crippen MR) is 244 cm³/mol. The van der Waals surface area contributed by atoms with E-state index in [1.807, 2.05) is 85.2 Å². The van der Waals surface area contributed by atoms with Gasteiger partial charge >= 0.3 is 0 Å². The van der Waals surface area contributed by atoms with Gasteiger partial charge in [-0.25, -0.2) is 15.0 Å². The van der Waals surface area contributed by atoms with Crippen LogP contribution in [-0.4, -0.2) is 24.9 Å². The van der Waals surface area contributed by atoms with E-state index in [-0.39, 0.29) is 0 Å². The van der Waals surface area contributed by atoms with Crippen molar-refractivity contribution < 1.29 is 0 Å². The van der Waals surface area contributed by atoms with E-state index in [2.05, 4.69) is 149 Å². The van der Waals surface area contributed by atoms with Crippen molar-refractivity contribution in [2.24, 2.45) is 0 Å². The minimum atomic E-state index is 0.595. The summed E-state index contributed by atoms with van der Waals surface area (Å²) in [6, 6.07) is 73.4. The van der Waals surface area contributed by atoms with Crippen molar-refractivity contribution in [1.82, 2.24) is 24.9 Å². The Bertz CT molecular complexity index is 2910. The topological polar surface area (TPSA) is 64.5 Å². The standard InChI is InChI=1S/C55H37N5/c1-3-11-38(12-4-1)39-17-19-40(20-18-39)41-25-31-47(32-26-41)54-58-53(46-13-5-2-6-14-46)59-55(60-54)50-36-48(42-21-27-44(28-22-42)51-15-7-9-33-56-51)35-49(37-50)43-23-29-45(30-24-43)52-16-8-10-34-57-52/h1-37H. The van der Waals surface area contributed by atoms with Gasteiger partial charge < -0.3 is 0 Å². The highest BCUT2D eigenvalue weighted by atomic mass is 15.0. The van der Waals surface area contributed by atoms with Crippen molar-refractivity contribution in [3.05, 3.63) is 225 Å². The second kappa shape index (κ2) is 16.4. The first kappa shape index (κ1) is 36.2. The molecule has 5 nitrogen and oxygen atoms in total. The van der Waals surface area contributed by atoms with Gasteiger partial charge in [0.1, 0.15) is 0 Å². The fourth-order valence-corrected chi connectivity index (χ4v) is 7.47. The molecule has 0 saturated heterocycles. The van der Waals surface area contributed by atoms with Gasteiger partial charge in [0.2, 0.25) is 0 Å². The Morgan fingerprint density at radius 3 is 0.883 bits per heavy atom. The summed E-state index contributed by atoms with van der Waals surface area (Å²) in [4.78, 5) is 24.5.